The third-order valence-corrected chi connectivity index (χ3v) is 5.55. The van der Waals surface area contributed by atoms with Gasteiger partial charge in [-0.1, -0.05) is 17.7 Å². The maximum Gasteiger partial charge on any atom is 0.103 e. The average Bonchev–Trinajstić information content (AvgIpc) is 3.17. The Morgan fingerprint density at radius 2 is 2.26 bits per heavy atom. The highest BCUT2D eigenvalue weighted by molar-refractivity contribution is 7.98. The smallest absolute Gasteiger partial charge is 0.103 e. The summed E-state index contributed by atoms with van der Waals surface area (Å²) in [5, 5.41) is 1.22. The Balaban J connectivity index is 1.69. The molecule has 0 saturated heterocycles. The zero-order valence-electron chi connectivity index (χ0n) is 11.1. The Morgan fingerprint density at radius 1 is 1.42 bits per heavy atom. The zero-order chi connectivity index (χ0) is 13.2. The number of rotatable bonds is 5. The minimum Gasteiger partial charge on any atom is -0.326 e. The molecule has 1 aromatic heterocycles. The Hall–Kier alpha value is -0.840. The molecule has 2 aromatic rings. The molecule has 2 N–H and O–H groups in total. The van der Waals surface area contributed by atoms with Gasteiger partial charge in [-0.3, -0.25) is 0 Å². The van der Waals surface area contributed by atoms with Gasteiger partial charge < -0.3 is 5.73 Å². The predicted octanol–water partition coefficient (Wildman–Crippen LogP) is 4.08. The van der Waals surface area contributed by atoms with E-state index in [-0.39, 0.29) is 0 Å². The normalized spacial score (nSPS) is 14.8. The number of hydrogen-bond donors (Lipinski definition) is 1. The van der Waals surface area contributed by atoms with Crippen LogP contribution in [-0.2, 0) is 12.3 Å². The number of aromatic nitrogens is 1. The zero-order valence-corrected chi connectivity index (χ0v) is 12.7. The van der Waals surface area contributed by atoms with Crippen LogP contribution in [0.3, 0.4) is 0 Å². The first-order valence-corrected chi connectivity index (χ1v) is 8.44. The van der Waals surface area contributed by atoms with Gasteiger partial charge in [-0.05, 0) is 31.9 Å². The van der Waals surface area contributed by atoms with Crippen LogP contribution < -0.4 is 5.73 Å². The van der Waals surface area contributed by atoms with Crippen LogP contribution in [0.2, 0.25) is 0 Å². The minimum absolute atomic E-state index is 0.638. The Bertz CT molecular complexity index is 573. The maximum atomic E-state index is 5.82. The van der Waals surface area contributed by atoms with Crippen LogP contribution in [0, 0.1) is 6.92 Å². The van der Waals surface area contributed by atoms with E-state index in [2.05, 4.69) is 31.2 Å². The summed E-state index contributed by atoms with van der Waals surface area (Å²) in [6, 6.07) is 8.63. The molecule has 2 nitrogen and oxygen atoms in total. The predicted molar refractivity (Wildman–Crippen MR) is 82.7 cm³/mol. The lowest BCUT2D eigenvalue weighted by Gasteiger charge is -2.00. The molecule has 3 rings (SSSR count). The van der Waals surface area contributed by atoms with E-state index < -0.39 is 0 Å². The first kappa shape index (κ1) is 13.2. The minimum atomic E-state index is 0.638. The lowest BCUT2D eigenvalue weighted by Crippen LogP contribution is -1.96. The van der Waals surface area contributed by atoms with E-state index in [9.17, 15) is 0 Å². The van der Waals surface area contributed by atoms with E-state index in [0.29, 0.717) is 12.5 Å². The molecule has 0 amide bonds. The van der Waals surface area contributed by atoms with Crippen molar-refractivity contribution >= 4 is 23.1 Å². The standard InChI is InChI=1S/C15H18N2S2/c1-10-3-2-4-12(7-10)18-9-14-17-15(11-5-6-11)13(8-16)19-14/h2-4,7,11H,5-6,8-9,16H2,1H3. The van der Waals surface area contributed by atoms with Crippen LogP contribution in [0.5, 0.6) is 0 Å². The van der Waals surface area contributed by atoms with Crippen LogP contribution in [0.15, 0.2) is 29.2 Å². The molecule has 0 aliphatic heterocycles. The molecule has 1 heterocycles. The number of nitrogens with zero attached hydrogens (tertiary/aromatic N) is 1. The molecule has 100 valence electrons. The first-order valence-electron chi connectivity index (χ1n) is 6.64. The summed E-state index contributed by atoms with van der Waals surface area (Å²) < 4.78 is 0. The van der Waals surface area contributed by atoms with Gasteiger partial charge in [-0.2, -0.15) is 0 Å². The molecule has 0 bridgehead atoms. The van der Waals surface area contributed by atoms with Crippen molar-refractivity contribution in [3.8, 4) is 0 Å². The monoisotopic (exact) mass is 290 g/mol. The largest absolute Gasteiger partial charge is 0.326 e. The highest BCUT2D eigenvalue weighted by Crippen LogP contribution is 2.43. The van der Waals surface area contributed by atoms with Crippen LogP contribution in [0.4, 0.5) is 0 Å². The van der Waals surface area contributed by atoms with Crippen LogP contribution in [0.25, 0.3) is 0 Å². The average molecular weight is 290 g/mol. The van der Waals surface area contributed by atoms with Gasteiger partial charge in [-0.25, -0.2) is 4.98 Å². The highest BCUT2D eigenvalue weighted by atomic mass is 32.2. The van der Waals surface area contributed by atoms with E-state index in [1.807, 2.05) is 11.8 Å². The van der Waals surface area contributed by atoms with Gasteiger partial charge in [0.15, 0.2) is 0 Å². The molecular weight excluding hydrogens is 272 g/mol. The van der Waals surface area contributed by atoms with Crippen LogP contribution in [-0.4, -0.2) is 4.98 Å². The second-order valence-electron chi connectivity index (χ2n) is 5.00. The van der Waals surface area contributed by atoms with Crippen molar-refractivity contribution in [2.45, 2.75) is 42.9 Å². The topological polar surface area (TPSA) is 38.9 Å². The fraction of sp³-hybridized carbons (Fsp3) is 0.400. The third kappa shape index (κ3) is 3.19. The summed E-state index contributed by atoms with van der Waals surface area (Å²) in [5.41, 5.74) is 8.42. The first-order chi connectivity index (χ1) is 9.26. The number of thioether (sulfide) groups is 1. The van der Waals surface area contributed by atoms with Gasteiger partial charge in [0.05, 0.1) is 11.4 Å². The van der Waals surface area contributed by atoms with Gasteiger partial charge in [0.1, 0.15) is 5.01 Å². The maximum absolute atomic E-state index is 5.82. The van der Waals surface area contributed by atoms with Crippen molar-refractivity contribution in [1.82, 2.24) is 4.98 Å². The highest BCUT2D eigenvalue weighted by Gasteiger charge is 2.29. The Morgan fingerprint density at radius 3 is 2.95 bits per heavy atom. The quantitative estimate of drug-likeness (QED) is 0.843. The lowest BCUT2D eigenvalue weighted by molar-refractivity contribution is 0.968. The Kier molecular flexibility index (Phi) is 3.91. The van der Waals surface area contributed by atoms with Crippen LogP contribution in [0.1, 0.15) is 39.9 Å². The SMILES string of the molecule is Cc1cccc(SCc2nc(C3CC3)c(CN)s2)c1. The van der Waals surface area contributed by atoms with Gasteiger partial charge in [0.2, 0.25) is 0 Å². The summed E-state index contributed by atoms with van der Waals surface area (Å²) >= 11 is 3.65. The summed E-state index contributed by atoms with van der Waals surface area (Å²) in [6.45, 7) is 2.77. The van der Waals surface area contributed by atoms with E-state index >= 15 is 0 Å². The molecule has 1 aromatic carbocycles. The van der Waals surface area contributed by atoms with Crippen molar-refractivity contribution in [2.75, 3.05) is 0 Å². The van der Waals surface area contributed by atoms with E-state index in [0.717, 1.165) is 5.75 Å². The van der Waals surface area contributed by atoms with Crippen molar-refractivity contribution in [3.63, 3.8) is 0 Å². The molecule has 0 unspecified atom stereocenters. The van der Waals surface area contributed by atoms with Crippen molar-refractivity contribution < 1.29 is 0 Å². The molecule has 19 heavy (non-hydrogen) atoms. The molecule has 1 fully saturated rings. The molecule has 1 saturated carbocycles. The summed E-state index contributed by atoms with van der Waals surface area (Å²) in [6.07, 6.45) is 2.59. The molecule has 0 spiro atoms. The van der Waals surface area contributed by atoms with E-state index in [4.69, 9.17) is 10.7 Å². The van der Waals surface area contributed by atoms with E-state index in [1.54, 1.807) is 11.3 Å². The second kappa shape index (κ2) is 5.65. The fourth-order valence-electron chi connectivity index (χ4n) is 2.15. The molecule has 0 radical (unpaired) electrons. The summed E-state index contributed by atoms with van der Waals surface area (Å²) in [4.78, 5) is 7.41. The summed E-state index contributed by atoms with van der Waals surface area (Å²) in [5.74, 6) is 1.65. The Labute approximate surface area is 122 Å². The fourth-order valence-corrected chi connectivity index (χ4v) is 4.19. The van der Waals surface area contributed by atoms with Crippen molar-refractivity contribution in [1.29, 1.82) is 0 Å². The molecule has 4 heteroatoms. The van der Waals surface area contributed by atoms with Crippen molar-refractivity contribution in [3.05, 3.63) is 45.4 Å². The number of hydrogen-bond acceptors (Lipinski definition) is 4. The number of thiazole rings is 1. The molecule has 1 aliphatic carbocycles. The second-order valence-corrected chi connectivity index (χ2v) is 7.22. The molecule has 1 aliphatic rings. The number of aryl methyl sites for hydroxylation is 1. The number of nitrogens with two attached hydrogens (primary N) is 1. The van der Waals surface area contributed by atoms with Gasteiger partial charge in [0.25, 0.3) is 0 Å². The van der Waals surface area contributed by atoms with Crippen LogP contribution >= 0.6 is 23.1 Å². The van der Waals surface area contributed by atoms with Gasteiger partial charge >= 0.3 is 0 Å². The van der Waals surface area contributed by atoms with Crippen molar-refractivity contribution in [2.24, 2.45) is 5.73 Å². The van der Waals surface area contributed by atoms with Gasteiger partial charge in [0, 0.05) is 22.2 Å². The number of benzene rings is 1. The molecule has 0 atom stereocenters. The lowest BCUT2D eigenvalue weighted by atomic mass is 10.2. The van der Waals surface area contributed by atoms with E-state index in [1.165, 1.54) is 38.9 Å². The molecular formula is C15H18N2S2. The third-order valence-electron chi connectivity index (χ3n) is 3.27. The summed E-state index contributed by atoms with van der Waals surface area (Å²) in [7, 11) is 0. The van der Waals surface area contributed by atoms with Gasteiger partial charge in [-0.15, -0.1) is 23.1 Å².